The summed E-state index contributed by atoms with van der Waals surface area (Å²) in [7, 11) is 0. The minimum absolute atomic E-state index is 0.129. The Morgan fingerprint density at radius 2 is 1.88 bits per heavy atom. The molecule has 0 aromatic rings. The molecule has 0 rings (SSSR count). The van der Waals surface area contributed by atoms with E-state index in [2.05, 4.69) is 27.7 Å². The minimum Gasteiger partial charge on any atom is -0.339 e. The Balaban J connectivity index is 4.42. The van der Waals surface area contributed by atoms with Crippen LogP contribution in [-0.2, 0) is 4.79 Å². The van der Waals surface area contributed by atoms with Crippen LogP contribution in [0.2, 0.25) is 0 Å². The number of hydrogen-bond donors (Lipinski definition) is 1. The van der Waals surface area contributed by atoms with Crippen molar-refractivity contribution < 1.29 is 4.79 Å². The first kappa shape index (κ1) is 15.4. The molecule has 0 aliphatic carbocycles. The fourth-order valence-corrected chi connectivity index (χ4v) is 1.74. The topological polar surface area (TPSA) is 46.3 Å². The molecule has 1 amide bonds. The number of carbonyl (C=O) groups excluding carboxylic acids is 1. The largest absolute Gasteiger partial charge is 0.339 e. The van der Waals surface area contributed by atoms with E-state index in [1.165, 1.54) is 0 Å². The first-order chi connectivity index (χ1) is 7.58. The molecule has 0 saturated carbocycles. The highest BCUT2D eigenvalue weighted by molar-refractivity contribution is 5.81. The second-order valence-electron chi connectivity index (χ2n) is 4.54. The number of hydrogen-bond acceptors (Lipinski definition) is 2. The van der Waals surface area contributed by atoms with Gasteiger partial charge in [0.05, 0.1) is 6.04 Å². The average molecular weight is 228 g/mol. The SMILES string of the molecule is CCCCN(C(=O)[C@H](N)CCC)C(C)CC. The van der Waals surface area contributed by atoms with Crippen LogP contribution in [0.4, 0.5) is 0 Å². The Bertz CT molecular complexity index is 194. The highest BCUT2D eigenvalue weighted by atomic mass is 16.2. The molecule has 0 bridgehead atoms. The molecular weight excluding hydrogens is 200 g/mol. The van der Waals surface area contributed by atoms with E-state index in [4.69, 9.17) is 5.73 Å². The molecule has 0 spiro atoms. The molecule has 2 atom stereocenters. The first-order valence-electron chi connectivity index (χ1n) is 6.64. The smallest absolute Gasteiger partial charge is 0.239 e. The molecule has 0 aromatic heterocycles. The molecule has 0 aromatic carbocycles. The van der Waals surface area contributed by atoms with Crippen LogP contribution in [0.15, 0.2) is 0 Å². The summed E-state index contributed by atoms with van der Waals surface area (Å²) in [5, 5.41) is 0. The fourth-order valence-electron chi connectivity index (χ4n) is 1.74. The lowest BCUT2D eigenvalue weighted by Crippen LogP contribution is -2.48. The van der Waals surface area contributed by atoms with Crippen LogP contribution in [0, 0.1) is 0 Å². The number of unbranched alkanes of at least 4 members (excludes halogenated alkanes) is 1. The maximum absolute atomic E-state index is 12.1. The van der Waals surface area contributed by atoms with Gasteiger partial charge in [0.1, 0.15) is 0 Å². The van der Waals surface area contributed by atoms with Crippen LogP contribution in [0.25, 0.3) is 0 Å². The van der Waals surface area contributed by atoms with Gasteiger partial charge in [-0.1, -0.05) is 33.6 Å². The molecule has 0 aliphatic rings. The lowest BCUT2D eigenvalue weighted by molar-refractivity contribution is -0.135. The number of amides is 1. The minimum atomic E-state index is -0.309. The van der Waals surface area contributed by atoms with Gasteiger partial charge in [-0.25, -0.2) is 0 Å². The number of nitrogens with zero attached hydrogens (tertiary/aromatic N) is 1. The second-order valence-corrected chi connectivity index (χ2v) is 4.54. The molecule has 0 heterocycles. The van der Waals surface area contributed by atoms with Gasteiger partial charge < -0.3 is 10.6 Å². The fraction of sp³-hybridized carbons (Fsp3) is 0.923. The highest BCUT2D eigenvalue weighted by Gasteiger charge is 2.23. The van der Waals surface area contributed by atoms with E-state index in [0.717, 1.165) is 38.6 Å². The zero-order chi connectivity index (χ0) is 12.6. The van der Waals surface area contributed by atoms with Crippen molar-refractivity contribution in [3.63, 3.8) is 0 Å². The maximum atomic E-state index is 12.1. The van der Waals surface area contributed by atoms with Gasteiger partial charge in [0.2, 0.25) is 5.91 Å². The molecule has 1 unspecified atom stereocenters. The van der Waals surface area contributed by atoms with Crippen molar-refractivity contribution in [2.24, 2.45) is 5.73 Å². The van der Waals surface area contributed by atoms with Gasteiger partial charge in [-0.05, 0) is 26.2 Å². The molecule has 0 radical (unpaired) electrons. The van der Waals surface area contributed by atoms with Crippen LogP contribution < -0.4 is 5.73 Å². The van der Waals surface area contributed by atoms with Crippen molar-refractivity contribution in [1.29, 1.82) is 0 Å². The standard InChI is InChI=1S/C13H28N2O/c1-5-8-10-15(11(4)7-3)13(16)12(14)9-6-2/h11-12H,5-10,14H2,1-4H3/t11?,12-/m1/s1. The number of carbonyl (C=O) groups is 1. The van der Waals surface area contributed by atoms with Gasteiger partial charge in [0.15, 0.2) is 0 Å². The van der Waals surface area contributed by atoms with Crippen molar-refractivity contribution in [2.45, 2.75) is 71.9 Å². The third-order valence-electron chi connectivity index (χ3n) is 3.08. The average Bonchev–Trinajstić information content (AvgIpc) is 2.29. The maximum Gasteiger partial charge on any atom is 0.239 e. The van der Waals surface area contributed by atoms with E-state index in [9.17, 15) is 4.79 Å². The first-order valence-corrected chi connectivity index (χ1v) is 6.64. The zero-order valence-electron chi connectivity index (χ0n) is 11.3. The van der Waals surface area contributed by atoms with Crippen LogP contribution in [0.5, 0.6) is 0 Å². The van der Waals surface area contributed by atoms with Gasteiger partial charge in [-0.3, -0.25) is 4.79 Å². The van der Waals surface area contributed by atoms with Crippen LogP contribution in [0.3, 0.4) is 0 Å². The van der Waals surface area contributed by atoms with Crippen LogP contribution in [0.1, 0.15) is 59.8 Å². The van der Waals surface area contributed by atoms with Gasteiger partial charge in [0, 0.05) is 12.6 Å². The predicted octanol–water partition coefficient (Wildman–Crippen LogP) is 2.54. The quantitative estimate of drug-likeness (QED) is 0.694. The van der Waals surface area contributed by atoms with E-state index < -0.39 is 0 Å². The molecule has 0 fully saturated rings. The summed E-state index contributed by atoms with van der Waals surface area (Å²) in [6.45, 7) is 9.27. The van der Waals surface area contributed by atoms with Gasteiger partial charge in [0.25, 0.3) is 0 Å². The van der Waals surface area contributed by atoms with E-state index in [0.29, 0.717) is 6.04 Å². The highest BCUT2D eigenvalue weighted by Crippen LogP contribution is 2.09. The molecule has 3 heteroatoms. The number of rotatable bonds is 8. The molecule has 0 aliphatic heterocycles. The normalized spacial score (nSPS) is 14.6. The second kappa shape index (κ2) is 8.57. The molecule has 96 valence electrons. The van der Waals surface area contributed by atoms with Crippen molar-refractivity contribution in [2.75, 3.05) is 6.54 Å². The lowest BCUT2D eigenvalue weighted by atomic mass is 10.1. The van der Waals surface area contributed by atoms with E-state index in [-0.39, 0.29) is 11.9 Å². The van der Waals surface area contributed by atoms with Crippen molar-refractivity contribution >= 4 is 5.91 Å². The summed E-state index contributed by atoms with van der Waals surface area (Å²) in [4.78, 5) is 14.1. The zero-order valence-corrected chi connectivity index (χ0v) is 11.3. The Hall–Kier alpha value is -0.570. The molecule has 2 N–H and O–H groups in total. The lowest BCUT2D eigenvalue weighted by Gasteiger charge is -2.31. The summed E-state index contributed by atoms with van der Waals surface area (Å²) in [6, 6.07) is -0.00203. The van der Waals surface area contributed by atoms with Crippen molar-refractivity contribution in [3.8, 4) is 0 Å². The Morgan fingerprint density at radius 1 is 1.25 bits per heavy atom. The van der Waals surface area contributed by atoms with E-state index in [1.807, 2.05) is 4.90 Å². The Kier molecular flexibility index (Phi) is 8.26. The Morgan fingerprint density at radius 3 is 2.31 bits per heavy atom. The van der Waals surface area contributed by atoms with Gasteiger partial charge in [-0.2, -0.15) is 0 Å². The Labute approximate surface area is 100 Å². The third-order valence-corrected chi connectivity index (χ3v) is 3.08. The third kappa shape index (κ3) is 4.97. The van der Waals surface area contributed by atoms with E-state index >= 15 is 0 Å². The monoisotopic (exact) mass is 228 g/mol. The summed E-state index contributed by atoms with van der Waals surface area (Å²) >= 11 is 0. The summed E-state index contributed by atoms with van der Waals surface area (Å²) < 4.78 is 0. The summed E-state index contributed by atoms with van der Waals surface area (Å²) in [5.74, 6) is 0.129. The van der Waals surface area contributed by atoms with E-state index in [1.54, 1.807) is 0 Å². The molecule has 3 nitrogen and oxygen atoms in total. The molecule has 0 saturated heterocycles. The summed E-state index contributed by atoms with van der Waals surface area (Å²) in [5.41, 5.74) is 5.90. The predicted molar refractivity (Wildman–Crippen MR) is 69.3 cm³/mol. The van der Waals surface area contributed by atoms with Crippen LogP contribution >= 0.6 is 0 Å². The molecule has 16 heavy (non-hydrogen) atoms. The molecular formula is C13H28N2O. The van der Waals surface area contributed by atoms with Crippen molar-refractivity contribution in [3.05, 3.63) is 0 Å². The summed E-state index contributed by atoms with van der Waals surface area (Å²) in [6.07, 6.45) is 4.93. The van der Waals surface area contributed by atoms with Crippen molar-refractivity contribution in [1.82, 2.24) is 4.90 Å². The van der Waals surface area contributed by atoms with Gasteiger partial charge >= 0.3 is 0 Å². The number of nitrogens with two attached hydrogens (primary N) is 1. The van der Waals surface area contributed by atoms with Gasteiger partial charge in [-0.15, -0.1) is 0 Å². The van der Waals surface area contributed by atoms with Crippen LogP contribution in [-0.4, -0.2) is 29.4 Å².